The first-order valence-electron chi connectivity index (χ1n) is 9.66. The van der Waals surface area contributed by atoms with Crippen LogP contribution in [0.15, 0.2) is 12.1 Å². The molecule has 0 saturated carbocycles. The SMILES string of the molecule is COc1cc2c(cc1OC)[C@H]1C[C@@H](O)[C@H](CC(C)(C)CCO)CN1CC2. The van der Waals surface area contributed by atoms with E-state index in [4.69, 9.17) is 9.47 Å². The Bertz CT molecular complexity index is 631. The number of nitrogens with zero attached hydrogens (tertiary/aromatic N) is 1. The molecule has 5 nitrogen and oxygen atoms in total. The van der Waals surface area contributed by atoms with E-state index in [1.54, 1.807) is 14.2 Å². The lowest BCUT2D eigenvalue weighted by Crippen LogP contribution is -2.49. The molecule has 3 rings (SSSR count). The molecule has 1 aromatic carbocycles. The molecule has 0 spiro atoms. The maximum atomic E-state index is 10.8. The lowest BCUT2D eigenvalue weighted by molar-refractivity contribution is -0.0295. The number of methoxy groups -OCH3 is 2. The zero-order chi connectivity index (χ0) is 18.9. The molecule has 2 N–H and O–H groups in total. The lowest BCUT2D eigenvalue weighted by Gasteiger charge is -2.47. The van der Waals surface area contributed by atoms with Gasteiger partial charge in [0.25, 0.3) is 0 Å². The van der Waals surface area contributed by atoms with Crippen molar-refractivity contribution >= 4 is 0 Å². The molecule has 2 aliphatic rings. The van der Waals surface area contributed by atoms with Gasteiger partial charge in [0.15, 0.2) is 11.5 Å². The summed E-state index contributed by atoms with van der Waals surface area (Å²) in [5.74, 6) is 1.79. The first-order valence-corrected chi connectivity index (χ1v) is 9.66. The fourth-order valence-corrected chi connectivity index (χ4v) is 4.73. The molecule has 2 heterocycles. The van der Waals surface area contributed by atoms with E-state index >= 15 is 0 Å². The second-order valence-electron chi connectivity index (χ2n) is 8.57. The Labute approximate surface area is 156 Å². The third-order valence-electron chi connectivity index (χ3n) is 6.19. The second kappa shape index (κ2) is 7.75. The fraction of sp³-hybridized carbons (Fsp3) is 0.714. The third kappa shape index (κ3) is 3.85. The van der Waals surface area contributed by atoms with Crippen LogP contribution < -0.4 is 9.47 Å². The van der Waals surface area contributed by atoms with Gasteiger partial charge in [0.2, 0.25) is 0 Å². The van der Waals surface area contributed by atoms with Crippen LogP contribution in [-0.4, -0.2) is 55.1 Å². The van der Waals surface area contributed by atoms with Crippen molar-refractivity contribution in [3.63, 3.8) is 0 Å². The van der Waals surface area contributed by atoms with Gasteiger partial charge in [-0.05, 0) is 60.3 Å². The summed E-state index contributed by atoms with van der Waals surface area (Å²) in [6.45, 7) is 6.50. The van der Waals surface area contributed by atoms with Crippen molar-refractivity contribution in [1.82, 2.24) is 4.90 Å². The number of aliphatic hydroxyl groups excluding tert-OH is 2. The van der Waals surface area contributed by atoms with E-state index in [2.05, 4.69) is 30.9 Å². The molecule has 0 radical (unpaired) electrons. The van der Waals surface area contributed by atoms with Gasteiger partial charge in [0, 0.05) is 25.7 Å². The van der Waals surface area contributed by atoms with E-state index in [9.17, 15) is 10.2 Å². The minimum atomic E-state index is -0.312. The molecule has 1 fully saturated rings. The van der Waals surface area contributed by atoms with Crippen LogP contribution in [-0.2, 0) is 6.42 Å². The predicted octanol–water partition coefficient (Wildman–Crippen LogP) is 2.78. The lowest BCUT2D eigenvalue weighted by atomic mass is 9.74. The molecule has 5 heteroatoms. The van der Waals surface area contributed by atoms with Crippen molar-refractivity contribution in [2.45, 2.75) is 51.7 Å². The first kappa shape index (κ1) is 19.5. The van der Waals surface area contributed by atoms with Gasteiger partial charge in [-0.3, -0.25) is 4.90 Å². The predicted molar refractivity (Wildman–Crippen MR) is 102 cm³/mol. The van der Waals surface area contributed by atoms with Crippen LogP contribution in [0.4, 0.5) is 0 Å². The molecule has 1 saturated heterocycles. The Morgan fingerprint density at radius 3 is 2.54 bits per heavy atom. The van der Waals surface area contributed by atoms with Gasteiger partial charge in [-0.2, -0.15) is 0 Å². The maximum Gasteiger partial charge on any atom is 0.161 e. The number of ether oxygens (including phenoxy) is 2. The Kier molecular flexibility index (Phi) is 5.80. The number of aliphatic hydroxyl groups is 2. The molecule has 146 valence electrons. The summed E-state index contributed by atoms with van der Waals surface area (Å²) >= 11 is 0. The number of piperidine rings is 1. The van der Waals surface area contributed by atoms with E-state index in [1.165, 1.54) is 11.1 Å². The van der Waals surface area contributed by atoms with E-state index < -0.39 is 0 Å². The van der Waals surface area contributed by atoms with Crippen LogP contribution in [0.2, 0.25) is 0 Å². The van der Waals surface area contributed by atoms with Gasteiger partial charge in [-0.15, -0.1) is 0 Å². The Hall–Kier alpha value is -1.30. The molecule has 0 amide bonds. The van der Waals surface area contributed by atoms with E-state index in [-0.39, 0.29) is 30.1 Å². The minimum Gasteiger partial charge on any atom is -0.493 e. The zero-order valence-electron chi connectivity index (χ0n) is 16.5. The molecule has 3 atom stereocenters. The summed E-state index contributed by atoms with van der Waals surface area (Å²) in [5.41, 5.74) is 2.62. The van der Waals surface area contributed by atoms with E-state index in [1.807, 2.05) is 0 Å². The molecular weight excluding hydrogens is 330 g/mol. The summed E-state index contributed by atoms with van der Waals surface area (Å²) in [4.78, 5) is 2.51. The summed E-state index contributed by atoms with van der Waals surface area (Å²) in [5, 5.41) is 20.1. The Morgan fingerprint density at radius 1 is 1.19 bits per heavy atom. The van der Waals surface area contributed by atoms with Gasteiger partial charge in [0.1, 0.15) is 0 Å². The molecule has 2 aliphatic heterocycles. The van der Waals surface area contributed by atoms with Crippen molar-refractivity contribution in [1.29, 1.82) is 0 Å². The summed E-state index contributed by atoms with van der Waals surface area (Å²) in [6, 6.07) is 4.42. The van der Waals surface area contributed by atoms with Crippen LogP contribution in [0.3, 0.4) is 0 Å². The van der Waals surface area contributed by atoms with Crippen LogP contribution in [0, 0.1) is 11.3 Å². The average Bonchev–Trinajstić information content (AvgIpc) is 2.60. The van der Waals surface area contributed by atoms with Crippen LogP contribution in [0.1, 0.15) is 50.3 Å². The molecule has 0 unspecified atom stereocenters. The van der Waals surface area contributed by atoms with Gasteiger partial charge >= 0.3 is 0 Å². The summed E-state index contributed by atoms with van der Waals surface area (Å²) in [6.07, 6.45) is 3.15. The van der Waals surface area contributed by atoms with Gasteiger partial charge in [-0.1, -0.05) is 13.8 Å². The van der Waals surface area contributed by atoms with Crippen molar-refractivity contribution in [2.75, 3.05) is 33.9 Å². The number of fused-ring (bicyclic) bond motifs is 3. The zero-order valence-corrected chi connectivity index (χ0v) is 16.5. The number of benzene rings is 1. The second-order valence-corrected chi connectivity index (χ2v) is 8.57. The average molecular weight is 363 g/mol. The van der Waals surface area contributed by atoms with E-state index in [0.717, 1.165) is 50.3 Å². The van der Waals surface area contributed by atoms with Gasteiger partial charge in [-0.25, -0.2) is 0 Å². The number of rotatable bonds is 6. The fourth-order valence-electron chi connectivity index (χ4n) is 4.73. The van der Waals surface area contributed by atoms with Crippen molar-refractivity contribution < 1.29 is 19.7 Å². The van der Waals surface area contributed by atoms with Crippen LogP contribution in [0.5, 0.6) is 11.5 Å². The summed E-state index contributed by atoms with van der Waals surface area (Å²) < 4.78 is 10.9. The Morgan fingerprint density at radius 2 is 1.88 bits per heavy atom. The Balaban J connectivity index is 1.80. The maximum absolute atomic E-state index is 10.8. The smallest absolute Gasteiger partial charge is 0.161 e. The third-order valence-corrected chi connectivity index (χ3v) is 6.19. The normalized spacial score (nSPS) is 26.2. The molecule has 0 bridgehead atoms. The quantitative estimate of drug-likeness (QED) is 0.814. The molecule has 0 aromatic heterocycles. The molecule has 1 aromatic rings. The highest BCUT2D eigenvalue weighted by atomic mass is 16.5. The minimum absolute atomic E-state index is 0.0531. The van der Waals surface area contributed by atoms with E-state index in [0.29, 0.717) is 0 Å². The van der Waals surface area contributed by atoms with Crippen LogP contribution >= 0.6 is 0 Å². The molecule has 0 aliphatic carbocycles. The highest BCUT2D eigenvalue weighted by Gasteiger charge is 2.40. The molecule has 26 heavy (non-hydrogen) atoms. The van der Waals surface area contributed by atoms with Gasteiger partial charge in [0.05, 0.1) is 20.3 Å². The number of hydrogen-bond donors (Lipinski definition) is 2. The van der Waals surface area contributed by atoms with Crippen LogP contribution in [0.25, 0.3) is 0 Å². The van der Waals surface area contributed by atoms with Crippen molar-refractivity contribution in [3.05, 3.63) is 23.3 Å². The largest absolute Gasteiger partial charge is 0.493 e. The standard InChI is InChI=1S/C21H33NO4/c1-21(2,6-8-23)12-15-13-22-7-5-14-9-19(25-3)20(26-4)10-16(14)17(22)11-18(15)24/h9-10,15,17-18,23-24H,5-8,11-13H2,1-4H3/t15-,17-,18-/m1/s1. The van der Waals surface area contributed by atoms with Gasteiger partial charge < -0.3 is 19.7 Å². The monoisotopic (exact) mass is 363 g/mol. The highest BCUT2D eigenvalue weighted by molar-refractivity contribution is 5.49. The topological polar surface area (TPSA) is 62.2 Å². The highest BCUT2D eigenvalue weighted by Crippen LogP contribution is 2.44. The molecular formula is C21H33NO4. The number of hydrogen-bond acceptors (Lipinski definition) is 5. The summed E-state index contributed by atoms with van der Waals surface area (Å²) in [7, 11) is 3.34. The van der Waals surface area contributed by atoms with Crippen molar-refractivity contribution in [2.24, 2.45) is 11.3 Å². The van der Waals surface area contributed by atoms with Crippen molar-refractivity contribution in [3.8, 4) is 11.5 Å². The first-order chi connectivity index (χ1) is 12.4.